The minimum atomic E-state index is -2.78. The van der Waals surface area contributed by atoms with Gasteiger partial charge in [-0.2, -0.15) is 13.9 Å². The summed E-state index contributed by atoms with van der Waals surface area (Å²) in [5.41, 5.74) is 2.09. The van der Waals surface area contributed by atoms with Crippen molar-refractivity contribution in [1.29, 1.82) is 0 Å². The molecule has 0 radical (unpaired) electrons. The van der Waals surface area contributed by atoms with Gasteiger partial charge in [0.25, 0.3) is 5.91 Å². The number of alkyl halides is 2. The van der Waals surface area contributed by atoms with Gasteiger partial charge in [0.1, 0.15) is 5.76 Å². The summed E-state index contributed by atoms with van der Waals surface area (Å²) in [4.78, 5) is 23.4. The van der Waals surface area contributed by atoms with E-state index < -0.39 is 6.55 Å². The van der Waals surface area contributed by atoms with Crippen molar-refractivity contribution in [3.8, 4) is 11.4 Å². The van der Waals surface area contributed by atoms with E-state index in [9.17, 15) is 13.6 Å². The third-order valence-electron chi connectivity index (χ3n) is 4.82. The van der Waals surface area contributed by atoms with E-state index in [1.165, 1.54) is 6.07 Å². The number of hydrogen-bond acceptors (Lipinski definition) is 6. The molecule has 1 aliphatic rings. The summed E-state index contributed by atoms with van der Waals surface area (Å²) in [5.74, 6) is 0.709. The van der Waals surface area contributed by atoms with E-state index in [1.54, 1.807) is 24.1 Å². The largest absolute Gasteiger partial charge is 0.361 e. The molecule has 1 unspecified atom stereocenters. The van der Waals surface area contributed by atoms with Gasteiger partial charge in [0.05, 0.1) is 23.0 Å². The van der Waals surface area contributed by atoms with Gasteiger partial charge in [-0.3, -0.25) is 4.79 Å². The van der Waals surface area contributed by atoms with Crippen molar-refractivity contribution >= 4 is 5.91 Å². The van der Waals surface area contributed by atoms with Gasteiger partial charge >= 0.3 is 6.55 Å². The van der Waals surface area contributed by atoms with Gasteiger partial charge in [-0.15, -0.1) is 0 Å². The summed E-state index contributed by atoms with van der Waals surface area (Å²) in [7, 11) is 0. The normalized spacial score (nSPS) is 16.9. The predicted molar refractivity (Wildman–Crippen MR) is 93.5 cm³/mol. The Morgan fingerprint density at radius 3 is 2.82 bits per heavy atom. The average Bonchev–Trinajstić information content (AvgIpc) is 3.41. The molecule has 3 aromatic heterocycles. The van der Waals surface area contributed by atoms with Crippen LogP contribution in [0.2, 0.25) is 0 Å². The molecule has 146 valence electrons. The minimum absolute atomic E-state index is 0.00722. The van der Waals surface area contributed by atoms with Crippen LogP contribution in [-0.2, 0) is 0 Å². The van der Waals surface area contributed by atoms with Crippen LogP contribution in [-0.4, -0.2) is 42.3 Å². The summed E-state index contributed by atoms with van der Waals surface area (Å²) in [6, 6.07) is 2.79. The Kier molecular flexibility index (Phi) is 4.62. The highest BCUT2D eigenvalue weighted by atomic mass is 19.3. The lowest BCUT2D eigenvalue weighted by Gasteiger charge is -2.23. The van der Waals surface area contributed by atoms with Crippen LogP contribution >= 0.6 is 0 Å². The van der Waals surface area contributed by atoms with Gasteiger partial charge in [-0.05, 0) is 38.8 Å². The molecule has 1 atom stereocenters. The number of likely N-dealkylation sites (tertiary alicyclic amines) is 1. The standard InChI is InChI=1S/C18H18F2N6O2/c1-10-15(11(2)28-24-10)16-21-7-5-12(22-16)14-4-3-8-25(14)17(27)13-6-9-26(23-13)18(19)20/h5-7,9,14,18H,3-4,8H2,1-2H3. The van der Waals surface area contributed by atoms with Gasteiger partial charge < -0.3 is 9.42 Å². The Bertz CT molecular complexity index is 996. The number of aromatic nitrogens is 5. The lowest BCUT2D eigenvalue weighted by Crippen LogP contribution is -2.31. The van der Waals surface area contributed by atoms with Gasteiger partial charge in [-0.1, -0.05) is 5.16 Å². The van der Waals surface area contributed by atoms with Gasteiger partial charge in [0.2, 0.25) is 0 Å². The van der Waals surface area contributed by atoms with E-state index in [2.05, 4.69) is 20.2 Å². The lowest BCUT2D eigenvalue weighted by molar-refractivity contribution is 0.0549. The molecule has 0 aromatic carbocycles. The van der Waals surface area contributed by atoms with Crippen LogP contribution in [0.1, 0.15) is 53.1 Å². The van der Waals surface area contributed by atoms with Crippen LogP contribution < -0.4 is 0 Å². The fourth-order valence-corrected chi connectivity index (χ4v) is 3.51. The summed E-state index contributed by atoms with van der Waals surface area (Å²) in [6.45, 7) is 1.33. The first-order valence-corrected chi connectivity index (χ1v) is 8.86. The molecule has 1 aliphatic heterocycles. The van der Waals surface area contributed by atoms with Crippen molar-refractivity contribution in [3.05, 3.63) is 47.4 Å². The molecule has 4 heterocycles. The number of hydrogen-bond donors (Lipinski definition) is 0. The minimum Gasteiger partial charge on any atom is -0.361 e. The van der Waals surface area contributed by atoms with Crippen molar-refractivity contribution < 1.29 is 18.1 Å². The highest BCUT2D eigenvalue weighted by molar-refractivity contribution is 5.92. The van der Waals surface area contributed by atoms with Crippen LogP contribution in [0.5, 0.6) is 0 Å². The number of rotatable bonds is 4. The zero-order chi connectivity index (χ0) is 19.8. The maximum atomic E-state index is 12.8. The molecule has 1 amide bonds. The molecule has 0 aliphatic carbocycles. The maximum Gasteiger partial charge on any atom is 0.333 e. The predicted octanol–water partition coefficient (Wildman–Crippen LogP) is 3.32. The highest BCUT2D eigenvalue weighted by Gasteiger charge is 2.33. The zero-order valence-corrected chi connectivity index (χ0v) is 15.3. The van der Waals surface area contributed by atoms with E-state index in [-0.39, 0.29) is 17.6 Å². The van der Waals surface area contributed by atoms with E-state index in [4.69, 9.17) is 4.52 Å². The van der Waals surface area contributed by atoms with Crippen LogP contribution in [0.4, 0.5) is 8.78 Å². The van der Waals surface area contributed by atoms with Crippen molar-refractivity contribution in [2.24, 2.45) is 0 Å². The Hall–Kier alpha value is -3.17. The summed E-state index contributed by atoms with van der Waals surface area (Å²) < 4.78 is 31.2. The maximum absolute atomic E-state index is 12.8. The monoisotopic (exact) mass is 388 g/mol. The molecule has 1 saturated heterocycles. The number of carbonyl (C=O) groups excluding carboxylic acids is 1. The van der Waals surface area contributed by atoms with E-state index in [0.717, 1.165) is 24.6 Å². The Morgan fingerprint density at radius 1 is 1.32 bits per heavy atom. The molecule has 0 saturated carbocycles. The summed E-state index contributed by atoms with van der Waals surface area (Å²) in [6.07, 6.45) is 4.25. The fraction of sp³-hybridized carbons (Fsp3) is 0.389. The first kappa shape index (κ1) is 18.2. The molecular weight excluding hydrogens is 370 g/mol. The number of halogens is 2. The van der Waals surface area contributed by atoms with Crippen molar-refractivity contribution in [2.75, 3.05) is 6.54 Å². The zero-order valence-electron chi connectivity index (χ0n) is 15.3. The van der Waals surface area contributed by atoms with Crippen LogP contribution in [0.3, 0.4) is 0 Å². The first-order valence-electron chi connectivity index (χ1n) is 8.86. The summed E-state index contributed by atoms with van der Waals surface area (Å²) in [5, 5.41) is 7.61. The number of nitrogens with zero attached hydrogens (tertiary/aromatic N) is 6. The van der Waals surface area contributed by atoms with Crippen molar-refractivity contribution in [2.45, 2.75) is 39.3 Å². The molecule has 0 spiro atoms. The van der Waals surface area contributed by atoms with Crippen molar-refractivity contribution in [1.82, 2.24) is 29.8 Å². The molecule has 1 fully saturated rings. The Balaban J connectivity index is 1.63. The Labute approximate surface area is 159 Å². The SMILES string of the molecule is Cc1noc(C)c1-c1nccc(C2CCCN2C(=O)c2ccn(C(F)F)n2)n1. The second-order valence-electron chi connectivity index (χ2n) is 6.62. The van der Waals surface area contributed by atoms with E-state index in [1.807, 2.05) is 6.92 Å². The van der Waals surface area contributed by atoms with Crippen LogP contribution in [0.15, 0.2) is 29.0 Å². The molecule has 4 rings (SSSR count). The van der Waals surface area contributed by atoms with Crippen LogP contribution in [0, 0.1) is 13.8 Å². The molecule has 8 nitrogen and oxygen atoms in total. The molecule has 28 heavy (non-hydrogen) atoms. The topological polar surface area (TPSA) is 89.9 Å². The second kappa shape index (κ2) is 7.10. The summed E-state index contributed by atoms with van der Waals surface area (Å²) >= 11 is 0. The van der Waals surface area contributed by atoms with Crippen molar-refractivity contribution in [3.63, 3.8) is 0 Å². The molecule has 3 aromatic rings. The van der Waals surface area contributed by atoms with Crippen LogP contribution in [0.25, 0.3) is 11.4 Å². The lowest BCUT2D eigenvalue weighted by atomic mass is 10.1. The molecular formula is C18H18F2N6O2. The molecule has 0 N–H and O–H groups in total. The van der Waals surface area contributed by atoms with E-state index >= 15 is 0 Å². The average molecular weight is 388 g/mol. The highest BCUT2D eigenvalue weighted by Crippen LogP contribution is 2.33. The fourth-order valence-electron chi connectivity index (χ4n) is 3.51. The quantitative estimate of drug-likeness (QED) is 0.681. The van der Waals surface area contributed by atoms with E-state index in [0.29, 0.717) is 34.2 Å². The van der Waals surface area contributed by atoms with Gasteiger partial charge in [0.15, 0.2) is 11.5 Å². The van der Waals surface area contributed by atoms with Gasteiger partial charge in [-0.25, -0.2) is 14.6 Å². The smallest absolute Gasteiger partial charge is 0.333 e. The third kappa shape index (κ3) is 3.14. The number of carbonyl (C=O) groups is 1. The molecule has 10 heteroatoms. The first-order chi connectivity index (χ1) is 13.5. The number of amides is 1. The second-order valence-corrected chi connectivity index (χ2v) is 6.62. The Morgan fingerprint density at radius 2 is 2.14 bits per heavy atom. The van der Waals surface area contributed by atoms with Gasteiger partial charge in [0, 0.05) is 18.9 Å². The number of aryl methyl sites for hydroxylation is 2. The third-order valence-corrected chi connectivity index (χ3v) is 4.82. The molecule has 0 bridgehead atoms.